The molecule has 1 aliphatic carbocycles. The molecule has 0 radical (unpaired) electrons. The molecule has 1 aromatic heterocycles. The Labute approximate surface area is 132 Å². The first kappa shape index (κ1) is 14.4. The predicted octanol–water partition coefficient (Wildman–Crippen LogP) is 3.33. The largest absolute Gasteiger partial charge is 0.393 e. The molecule has 0 amide bonds. The van der Waals surface area contributed by atoms with Gasteiger partial charge in [-0.25, -0.2) is 4.68 Å². The van der Waals surface area contributed by atoms with E-state index >= 15 is 0 Å². The van der Waals surface area contributed by atoms with Crippen molar-refractivity contribution in [2.75, 3.05) is 5.73 Å². The van der Waals surface area contributed by atoms with Gasteiger partial charge in [-0.15, -0.1) is 0 Å². The number of hydrogen-bond acceptors (Lipinski definition) is 2. The van der Waals surface area contributed by atoms with E-state index in [0.29, 0.717) is 18.2 Å². The van der Waals surface area contributed by atoms with Gasteiger partial charge in [0.2, 0.25) is 0 Å². The van der Waals surface area contributed by atoms with E-state index in [2.05, 4.69) is 27.5 Å². The van der Waals surface area contributed by atoms with Crippen molar-refractivity contribution in [3.63, 3.8) is 0 Å². The average molecular weight is 350 g/mol. The molecule has 0 atom stereocenters. The summed E-state index contributed by atoms with van der Waals surface area (Å²) in [4.78, 5) is 12.5. The molecule has 0 unspecified atom stereocenters. The summed E-state index contributed by atoms with van der Waals surface area (Å²) in [5, 5.41) is 0. The summed E-state index contributed by atoms with van der Waals surface area (Å²) >= 11 is 3.55. The minimum absolute atomic E-state index is 0.0545. The number of nitrogens with zero attached hydrogens (tertiary/aromatic N) is 2. The first-order chi connectivity index (χ1) is 10.1. The van der Waals surface area contributed by atoms with Crippen molar-refractivity contribution in [3.8, 4) is 0 Å². The van der Waals surface area contributed by atoms with E-state index in [1.807, 2.05) is 24.3 Å². The van der Waals surface area contributed by atoms with Gasteiger partial charge in [0.1, 0.15) is 5.69 Å². The third-order valence-corrected chi connectivity index (χ3v) is 4.76. The molecular weight excluding hydrogens is 330 g/mol. The lowest BCUT2D eigenvalue weighted by Gasteiger charge is -2.14. The first-order valence-corrected chi connectivity index (χ1v) is 8.25. The molecule has 0 spiro atoms. The van der Waals surface area contributed by atoms with Gasteiger partial charge < -0.3 is 5.73 Å². The maximum atomic E-state index is 12.5. The molecule has 112 valence electrons. The molecule has 0 saturated heterocycles. The van der Waals surface area contributed by atoms with Crippen molar-refractivity contribution < 1.29 is 0 Å². The van der Waals surface area contributed by atoms with Gasteiger partial charge in [0.25, 0.3) is 5.56 Å². The molecule has 1 heterocycles. The van der Waals surface area contributed by atoms with Crippen LogP contribution in [0.2, 0.25) is 0 Å². The summed E-state index contributed by atoms with van der Waals surface area (Å²) < 4.78 is 4.93. The Balaban J connectivity index is 2.07. The molecule has 1 fully saturated rings. The van der Waals surface area contributed by atoms with Crippen LogP contribution in [0.25, 0.3) is 0 Å². The van der Waals surface area contributed by atoms with Gasteiger partial charge in [0.05, 0.1) is 12.2 Å². The second kappa shape index (κ2) is 5.72. The highest BCUT2D eigenvalue weighted by atomic mass is 79.9. The Morgan fingerprint density at radius 2 is 2.00 bits per heavy atom. The van der Waals surface area contributed by atoms with E-state index in [4.69, 9.17) is 5.73 Å². The lowest BCUT2D eigenvalue weighted by atomic mass is 10.2. The molecule has 21 heavy (non-hydrogen) atoms. The molecule has 1 aliphatic rings. The maximum Gasteiger partial charge on any atom is 0.290 e. The molecule has 0 aliphatic heterocycles. The highest BCUT2D eigenvalue weighted by Gasteiger charge is 2.32. The van der Waals surface area contributed by atoms with Crippen LogP contribution in [0.15, 0.2) is 33.5 Å². The minimum atomic E-state index is -0.0545. The van der Waals surface area contributed by atoms with Crippen LogP contribution in [-0.4, -0.2) is 9.36 Å². The van der Waals surface area contributed by atoms with Gasteiger partial charge in [-0.1, -0.05) is 41.1 Å². The van der Waals surface area contributed by atoms with Crippen molar-refractivity contribution in [3.05, 3.63) is 50.3 Å². The number of benzene rings is 1. The Bertz CT molecular complexity index is 713. The van der Waals surface area contributed by atoms with E-state index in [-0.39, 0.29) is 5.56 Å². The Kier molecular flexibility index (Phi) is 3.93. The van der Waals surface area contributed by atoms with Gasteiger partial charge in [-0.2, -0.15) is 0 Å². The molecular formula is C16H20BrN3O. The van der Waals surface area contributed by atoms with E-state index in [9.17, 15) is 4.79 Å². The third kappa shape index (κ3) is 2.67. The average Bonchev–Trinajstić information content (AvgIpc) is 3.26. The zero-order chi connectivity index (χ0) is 15.0. The standard InChI is InChI=1S/C16H20BrN3O/c1-2-9-19-15(11-7-8-11)14(18)16(21)20(19)10-12-5-3-4-6-13(12)17/h3-6,11H,2,7-10,18H2,1H3. The monoisotopic (exact) mass is 349 g/mol. The van der Waals surface area contributed by atoms with Crippen molar-refractivity contribution in [2.45, 2.75) is 45.2 Å². The Morgan fingerprint density at radius 3 is 2.62 bits per heavy atom. The molecule has 0 bridgehead atoms. The van der Waals surface area contributed by atoms with E-state index in [0.717, 1.165) is 41.5 Å². The summed E-state index contributed by atoms with van der Waals surface area (Å²) in [5.74, 6) is 0.477. The summed E-state index contributed by atoms with van der Waals surface area (Å²) in [7, 11) is 0. The number of anilines is 1. The van der Waals surface area contributed by atoms with Crippen LogP contribution < -0.4 is 11.3 Å². The molecule has 1 aromatic carbocycles. The topological polar surface area (TPSA) is 52.9 Å². The fourth-order valence-electron chi connectivity index (χ4n) is 2.81. The molecule has 1 saturated carbocycles. The SMILES string of the molecule is CCCn1c(C2CC2)c(N)c(=O)n1Cc1ccccc1Br. The van der Waals surface area contributed by atoms with Crippen LogP contribution in [0.3, 0.4) is 0 Å². The van der Waals surface area contributed by atoms with E-state index in [1.54, 1.807) is 4.68 Å². The highest BCUT2D eigenvalue weighted by molar-refractivity contribution is 9.10. The van der Waals surface area contributed by atoms with Crippen LogP contribution in [0.1, 0.15) is 43.4 Å². The normalized spacial score (nSPS) is 14.6. The van der Waals surface area contributed by atoms with Crippen molar-refractivity contribution in [2.24, 2.45) is 0 Å². The molecule has 2 N–H and O–H groups in total. The summed E-state index contributed by atoms with van der Waals surface area (Å²) in [5.41, 5.74) is 8.63. The summed E-state index contributed by atoms with van der Waals surface area (Å²) in [6, 6.07) is 8.00. The Hall–Kier alpha value is -1.49. The molecule has 4 nitrogen and oxygen atoms in total. The van der Waals surface area contributed by atoms with Gasteiger partial charge in [-0.05, 0) is 30.9 Å². The fraction of sp³-hybridized carbons (Fsp3) is 0.438. The van der Waals surface area contributed by atoms with Gasteiger partial charge >= 0.3 is 0 Å². The van der Waals surface area contributed by atoms with Crippen LogP contribution in [-0.2, 0) is 13.1 Å². The predicted molar refractivity (Wildman–Crippen MR) is 88.6 cm³/mol. The van der Waals surface area contributed by atoms with Crippen LogP contribution in [0.5, 0.6) is 0 Å². The van der Waals surface area contributed by atoms with Crippen molar-refractivity contribution >= 4 is 21.6 Å². The number of nitrogens with two attached hydrogens (primary N) is 1. The van der Waals surface area contributed by atoms with Crippen LogP contribution >= 0.6 is 15.9 Å². The van der Waals surface area contributed by atoms with Crippen molar-refractivity contribution in [1.29, 1.82) is 0 Å². The maximum absolute atomic E-state index is 12.5. The quantitative estimate of drug-likeness (QED) is 0.899. The minimum Gasteiger partial charge on any atom is -0.393 e. The fourth-order valence-corrected chi connectivity index (χ4v) is 3.22. The molecule has 5 heteroatoms. The highest BCUT2D eigenvalue weighted by Crippen LogP contribution is 2.42. The second-order valence-corrected chi connectivity index (χ2v) is 6.50. The van der Waals surface area contributed by atoms with E-state index in [1.165, 1.54) is 0 Å². The van der Waals surface area contributed by atoms with Crippen LogP contribution in [0.4, 0.5) is 5.69 Å². The van der Waals surface area contributed by atoms with Crippen LogP contribution in [0, 0.1) is 0 Å². The third-order valence-electron chi connectivity index (χ3n) is 3.99. The number of nitrogen functional groups attached to an aromatic ring is 1. The van der Waals surface area contributed by atoms with Gasteiger partial charge in [0, 0.05) is 16.9 Å². The zero-order valence-corrected chi connectivity index (χ0v) is 13.8. The zero-order valence-electron chi connectivity index (χ0n) is 12.2. The number of hydrogen-bond donors (Lipinski definition) is 1. The Morgan fingerprint density at radius 1 is 1.29 bits per heavy atom. The van der Waals surface area contributed by atoms with Gasteiger partial charge in [0.15, 0.2) is 0 Å². The second-order valence-electron chi connectivity index (χ2n) is 5.65. The number of halogens is 1. The van der Waals surface area contributed by atoms with E-state index < -0.39 is 0 Å². The molecule has 3 rings (SSSR count). The smallest absolute Gasteiger partial charge is 0.290 e. The summed E-state index contributed by atoms with van der Waals surface area (Å²) in [6.45, 7) is 3.51. The number of aromatic nitrogens is 2. The lowest BCUT2D eigenvalue weighted by molar-refractivity contribution is 0.450. The first-order valence-electron chi connectivity index (χ1n) is 7.45. The molecule has 2 aromatic rings. The van der Waals surface area contributed by atoms with Gasteiger partial charge in [-0.3, -0.25) is 9.48 Å². The summed E-state index contributed by atoms with van der Waals surface area (Å²) in [6.07, 6.45) is 3.28. The van der Waals surface area contributed by atoms with Crippen molar-refractivity contribution in [1.82, 2.24) is 9.36 Å². The lowest BCUT2D eigenvalue weighted by Crippen LogP contribution is -2.25. The number of rotatable bonds is 5.